The van der Waals surface area contributed by atoms with Gasteiger partial charge < -0.3 is 14.2 Å². The Labute approximate surface area is 128 Å². The van der Waals surface area contributed by atoms with Crippen molar-refractivity contribution in [1.82, 2.24) is 0 Å². The Morgan fingerprint density at radius 3 is 2.57 bits per heavy atom. The molecule has 2 saturated heterocycles. The summed E-state index contributed by atoms with van der Waals surface area (Å²) in [5.74, 6) is 2.97. The Hall–Kier alpha value is -0.120. The molecule has 0 aromatic heterocycles. The first-order chi connectivity index (χ1) is 10.2. The molecule has 0 aromatic carbocycles. The summed E-state index contributed by atoms with van der Waals surface area (Å²) in [5, 5.41) is 0. The summed E-state index contributed by atoms with van der Waals surface area (Å²) >= 11 is 0. The minimum Gasteiger partial charge on any atom is -0.429 e. The first kappa shape index (κ1) is 14.5. The monoisotopic (exact) mass is 295 g/mol. The third-order valence-corrected chi connectivity index (χ3v) is 6.91. The van der Waals surface area contributed by atoms with Crippen molar-refractivity contribution in [3.63, 3.8) is 0 Å². The van der Waals surface area contributed by atoms with Crippen molar-refractivity contribution >= 4 is 0 Å². The van der Waals surface area contributed by atoms with Gasteiger partial charge in [0.15, 0.2) is 12.2 Å². The van der Waals surface area contributed by atoms with E-state index >= 15 is 0 Å². The average molecular weight is 295 g/mol. The average Bonchev–Trinajstić information content (AvgIpc) is 3.00. The van der Waals surface area contributed by atoms with E-state index in [0.717, 1.165) is 17.8 Å². The quantitative estimate of drug-likeness (QED) is 0.697. The van der Waals surface area contributed by atoms with Crippen LogP contribution < -0.4 is 0 Å². The van der Waals surface area contributed by atoms with Crippen molar-refractivity contribution in [3.8, 4) is 0 Å². The van der Waals surface area contributed by atoms with E-state index in [1.807, 2.05) is 7.11 Å². The van der Waals surface area contributed by atoms with E-state index in [0.29, 0.717) is 36.4 Å². The van der Waals surface area contributed by atoms with Gasteiger partial charge in [-0.25, -0.2) is 0 Å². The van der Waals surface area contributed by atoms with Gasteiger partial charge in [-0.05, 0) is 44.4 Å². The van der Waals surface area contributed by atoms with Gasteiger partial charge in [-0.3, -0.25) is 0 Å². The predicted octanol–water partition coefficient (Wildman–Crippen LogP) is 2.92. The molecule has 0 spiro atoms. The molecule has 2 aliphatic heterocycles. The highest BCUT2D eigenvalue weighted by molar-refractivity contribution is 5.03. The van der Waals surface area contributed by atoms with E-state index in [1.165, 1.54) is 38.5 Å². The number of hydrogen-bond acceptors (Lipinski definition) is 2. The van der Waals surface area contributed by atoms with E-state index in [9.17, 15) is 0 Å². The van der Waals surface area contributed by atoms with Crippen molar-refractivity contribution in [1.29, 1.82) is 0 Å². The second kappa shape index (κ2) is 5.50. The van der Waals surface area contributed by atoms with Gasteiger partial charge in [-0.1, -0.05) is 6.92 Å². The van der Waals surface area contributed by atoms with E-state index in [1.54, 1.807) is 0 Å². The van der Waals surface area contributed by atoms with Gasteiger partial charge >= 0.3 is 0 Å². The van der Waals surface area contributed by atoms with Gasteiger partial charge in [0, 0.05) is 25.9 Å². The van der Waals surface area contributed by atoms with E-state index in [-0.39, 0.29) is 0 Å². The fraction of sp³-hybridized carbons (Fsp3) is 1.00. The van der Waals surface area contributed by atoms with Crippen molar-refractivity contribution in [3.05, 3.63) is 0 Å². The molecule has 2 saturated carbocycles. The predicted molar refractivity (Wildman–Crippen MR) is 82.3 cm³/mol. The normalized spacial score (nSPS) is 56.4. The topological polar surface area (TPSA) is 31.3 Å². The van der Waals surface area contributed by atoms with Gasteiger partial charge in [-0.15, -0.1) is 0 Å². The molecule has 1 N–H and O–H groups in total. The van der Waals surface area contributed by atoms with Gasteiger partial charge in [-0.2, -0.15) is 0 Å². The zero-order chi connectivity index (χ0) is 14.6. The van der Waals surface area contributed by atoms with Gasteiger partial charge in [0.05, 0.1) is 24.2 Å². The molecule has 0 amide bonds. The number of methoxy groups -OCH3 is 1. The van der Waals surface area contributed by atoms with E-state index in [2.05, 4.69) is 13.8 Å². The molecule has 0 bridgehead atoms. The molecule has 2 aliphatic carbocycles. The fourth-order valence-electron chi connectivity index (χ4n) is 5.84. The lowest BCUT2D eigenvalue weighted by Crippen LogP contribution is -2.40. The Morgan fingerprint density at radius 1 is 0.952 bits per heavy atom. The Morgan fingerprint density at radius 2 is 1.76 bits per heavy atom. The van der Waals surface area contributed by atoms with Crippen LogP contribution in [-0.2, 0) is 9.47 Å². The molecule has 9 unspecified atom stereocenters. The maximum Gasteiger partial charge on any atom is 0.160 e. The second-order valence-corrected chi connectivity index (χ2v) is 8.06. The standard InChI is InChI=1S/C18H30O3/c1-10-4-6-16-17(18-13(10)8-11(2)20-18)14-9-12(19-3)5-7-15(14)21-16/h10-18H,4-9H2,1-3H3/p+1. The molecule has 0 aromatic rings. The number of hydrogen-bond donors (Lipinski definition) is 0. The highest BCUT2D eigenvalue weighted by Gasteiger charge is 2.59. The van der Waals surface area contributed by atoms with Crippen molar-refractivity contribution < 1.29 is 14.2 Å². The van der Waals surface area contributed by atoms with Crippen LogP contribution in [0, 0.1) is 23.7 Å². The van der Waals surface area contributed by atoms with Crippen LogP contribution in [0.3, 0.4) is 0 Å². The number of rotatable bonds is 1. The minimum atomic E-state index is 0.446. The largest absolute Gasteiger partial charge is 0.429 e. The fourth-order valence-corrected chi connectivity index (χ4v) is 5.84. The van der Waals surface area contributed by atoms with E-state index in [4.69, 9.17) is 14.2 Å². The van der Waals surface area contributed by atoms with Crippen molar-refractivity contribution in [2.45, 2.75) is 82.9 Å². The molecule has 4 rings (SSSR count). The first-order valence-electron chi connectivity index (χ1n) is 9.05. The highest BCUT2D eigenvalue weighted by Crippen LogP contribution is 2.52. The summed E-state index contributed by atoms with van der Waals surface area (Å²) < 4.78 is 17.4. The Kier molecular flexibility index (Phi) is 3.79. The molecule has 3 nitrogen and oxygen atoms in total. The molecule has 3 heteroatoms. The van der Waals surface area contributed by atoms with Crippen LogP contribution in [0.1, 0.15) is 52.4 Å². The third-order valence-electron chi connectivity index (χ3n) is 6.91. The van der Waals surface area contributed by atoms with Gasteiger partial charge in [0.1, 0.15) is 0 Å². The number of aliphatic hydroxyl groups is 2. The number of ether oxygens (including phenoxy) is 3. The molecular weight excluding hydrogens is 264 g/mol. The number of fused-ring (bicyclic) bond motifs is 5. The van der Waals surface area contributed by atoms with Crippen LogP contribution in [-0.4, -0.2) is 42.4 Å². The molecular formula is C18H31O3+. The van der Waals surface area contributed by atoms with Crippen LogP contribution >= 0.6 is 0 Å². The Balaban J connectivity index is 1.60. The zero-order valence-electron chi connectivity index (χ0n) is 13.7. The summed E-state index contributed by atoms with van der Waals surface area (Å²) in [7, 11) is 1.88. The van der Waals surface area contributed by atoms with E-state index < -0.39 is 0 Å². The summed E-state index contributed by atoms with van der Waals surface area (Å²) in [5.41, 5.74) is 0. The Bertz CT molecular complexity index is 385. The highest BCUT2D eigenvalue weighted by atomic mass is 16.5. The van der Waals surface area contributed by atoms with Gasteiger partial charge in [0.25, 0.3) is 0 Å². The summed E-state index contributed by atoms with van der Waals surface area (Å²) in [6, 6.07) is 0. The molecule has 4 fully saturated rings. The molecule has 4 aliphatic rings. The molecule has 9 atom stereocenters. The maximum atomic E-state index is 6.45. The van der Waals surface area contributed by atoms with Crippen LogP contribution in [0.4, 0.5) is 0 Å². The molecule has 120 valence electrons. The summed E-state index contributed by atoms with van der Waals surface area (Å²) in [4.78, 5) is 0. The van der Waals surface area contributed by atoms with Crippen LogP contribution in [0.5, 0.6) is 0 Å². The van der Waals surface area contributed by atoms with Gasteiger partial charge in [0.2, 0.25) is 0 Å². The smallest absolute Gasteiger partial charge is 0.160 e. The lowest BCUT2D eigenvalue weighted by Gasteiger charge is -2.33. The van der Waals surface area contributed by atoms with Crippen molar-refractivity contribution in [2.24, 2.45) is 23.7 Å². The second-order valence-electron chi connectivity index (χ2n) is 8.06. The first-order valence-corrected chi connectivity index (χ1v) is 9.05. The molecule has 0 radical (unpaired) electrons. The SMILES string of the molecule is COC1CCC2[OH+]C3CCC(C)C4CC(C)OC4C3C2C1. The van der Waals surface area contributed by atoms with Crippen LogP contribution in [0.15, 0.2) is 0 Å². The summed E-state index contributed by atoms with van der Waals surface area (Å²) in [6.45, 7) is 4.70. The minimum absolute atomic E-state index is 0.446. The molecule has 21 heavy (non-hydrogen) atoms. The third kappa shape index (κ3) is 2.36. The summed E-state index contributed by atoms with van der Waals surface area (Å²) in [6.07, 6.45) is 10.1. The van der Waals surface area contributed by atoms with Crippen molar-refractivity contribution in [2.75, 3.05) is 7.11 Å². The van der Waals surface area contributed by atoms with Crippen LogP contribution in [0.25, 0.3) is 0 Å². The molecule has 2 heterocycles. The maximum absolute atomic E-state index is 6.45. The lowest BCUT2D eigenvalue weighted by molar-refractivity contribution is -0.147. The lowest BCUT2D eigenvalue weighted by atomic mass is 9.72. The van der Waals surface area contributed by atoms with Crippen LogP contribution in [0.2, 0.25) is 0 Å². The zero-order valence-corrected chi connectivity index (χ0v) is 13.7.